The summed E-state index contributed by atoms with van der Waals surface area (Å²) in [5.41, 5.74) is 13.2. The van der Waals surface area contributed by atoms with E-state index in [1.54, 1.807) is 0 Å². The van der Waals surface area contributed by atoms with E-state index in [0.717, 1.165) is 22.5 Å². The minimum absolute atomic E-state index is 0.973. The van der Waals surface area contributed by atoms with Gasteiger partial charge in [0.25, 0.3) is 0 Å². The van der Waals surface area contributed by atoms with Crippen LogP contribution in [0.5, 0.6) is 0 Å². The lowest BCUT2D eigenvalue weighted by Crippen LogP contribution is -1.95. The topological polar surface area (TPSA) is 22.2 Å². The molecule has 0 atom stereocenters. The van der Waals surface area contributed by atoms with E-state index in [9.17, 15) is 0 Å². The molecule has 0 bridgehead atoms. The molecule has 3 heterocycles. The van der Waals surface area contributed by atoms with Gasteiger partial charge in [0, 0.05) is 22.8 Å². The van der Waals surface area contributed by atoms with E-state index < -0.39 is 0 Å². The summed E-state index contributed by atoms with van der Waals surface area (Å²) in [5, 5.41) is 1.28. The van der Waals surface area contributed by atoms with Gasteiger partial charge in [0.15, 0.2) is 5.65 Å². The van der Waals surface area contributed by atoms with Gasteiger partial charge in [-0.15, -0.1) is 0 Å². The number of hydrogen-bond donors (Lipinski definition) is 0. The zero-order valence-electron chi connectivity index (χ0n) is 18.3. The van der Waals surface area contributed by atoms with E-state index in [2.05, 4.69) is 112 Å². The fraction of sp³-hybridized carbons (Fsp3) is 0. The second kappa shape index (κ2) is 6.46. The van der Waals surface area contributed by atoms with Crippen LogP contribution >= 0.6 is 0 Å². The third kappa shape index (κ3) is 2.14. The molecule has 3 nitrogen and oxygen atoms in total. The average Bonchev–Trinajstić information content (AvgIpc) is 3.38. The largest absolute Gasteiger partial charge is 0.292 e. The molecule has 7 aromatic rings. The number of benzene rings is 4. The van der Waals surface area contributed by atoms with Gasteiger partial charge in [0.2, 0.25) is 0 Å². The summed E-state index contributed by atoms with van der Waals surface area (Å²) in [6.45, 7) is 0. The Morgan fingerprint density at radius 3 is 1.91 bits per heavy atom. The van der Waals surface area contributed by atoms with Crippen molar-refractivity contribution in [1.82, 2.24) is 14.0 Å². The minimum Gasteiger partial charge on any atom is -0.292 e. The number of para-hydroxylation sites is 1. The monoisotopic (exact) mass is 433 g/mol. The van der Waals surface area contributed by atoms with Gasteiger partial charge in [-0.25, -0.2) is 4.98 Å². The van der Waals surface area contributed by atoms with E-state index >= 15 is 0 Å². The Kier molecular flexibility index (Phi) is 3.39. The Morgan fingerprint density at radius 2 is 1.12 bits per heavy atom. The van der Waals surface area contributed by atoms with E-state index in [0.29, 0.717) is 0 Å². The van der Waals surface area contributed by atoms with Crippen molar-refractivity contribution in [3.8, 4) is 39.1 Å². The molecule has 1 aliphatic rings. The van der Waals surface area contributed by atoms with Crippen LogP contribution in [-0.4, -0.2) is 14.0 Å². The Labute approximate surface area is 196 Å². The quantitative estimate of drug-likeness (QED) is 0.259. The van der Waals surface area contributed by atoms with Crippen LogP contribution < -0.4 is 0 Å². The molecule has 4 aromatic carbocycles. The molecule has 0 unspecified atom stereocenters. The van der Waals surface area contributed by atoms with E-state index in [1.165, 1.54) is 44.3 Å². The van der Waals surface area contributed by atoms with Crippen molar-refractivity contribution in [2.45, 2.75) is 0 Å². The highest BCUT2D eigenvalue weighted by Gasteiger charge is 2.29. The second-order valence-electron chi connectivity index (χ2n) is 8.84. The van der Waals surface area contributed by atoms with Gasteiger partial charge in [-0.3, -0.25) is 8.97 Å². The molecule has 0 aliphatic heterocycles. The molecule has 0 radical (unpaired) electrons. The highest BCUT2D eigenvalue weighted by molar-refractivity contribution is 6.19. The molecule has 0 fully saturated rings. The van der Waals surface area contributed by atoms with Crippen molar-refractivity contribution in [3.63, 3.8) is 0 Å². The smallest absolute Gasteiger partial charge is 0.163 e. The number of fused-ring (bicyclic) bond motifs is 10. The van der Waals surface area contributed by atoms with Crippen molar-refractivity contribution in [2.24, 2.45) is 0 Å². The molecular formula is C31H19N3. The maximum absolute atomic E-state index is 4.87. The predicted molar refractivity (Wildman–Crippen MR) is 139 cm³/mol. The average molecular weight is 434 g/mol. The third-order valence-corrected chi connectivity index (χ3v) is 7.12. The Hall–Kier alpha value is -4.63. The maximum atomic E-state index is 4.87. The molecule has 8 rings (SSSR count). The van der Waals surface area contributed by atoms with Crippen LogP contribution in [0.1, 0.15) is 0 Å². The Bertz CT molecular complexity index is 1900. The molecule has 0 spiro atoms. The molecule has 34 heavy (non-hydrogen) atoms. The van der Waals surface area contributed by atoms with Crippen LogP contribution in [0.4, 0.5) is 0 Å². The predicted octanol–water partition coefficient (Wildman–Crippen LogP) is 7.75. The van der Waals surface area contributed by atoms with Gasteiger partial charge in [0.05, 0.1) is 11.0 Å². The molecule has 3 heteroatoms. The van der Waals surface area contributed by atoms with Gasteiger partial charge in [-0.05, 0) is 58.1 Å². The van der Waals surface area contributed by atoms with Crippen molar-refractivity contribution >= 4 is 27.7 Å². The van der Waals surface area contributed by atoms with Gasteiger partial charge in [0.1, 0.15) is 5.65 Å². The van der Waals surface area contributed by atoms with Crippen LogP contribution in [0.25, 0.3) is 66.8 Å². The van der Waals surface area contributed by atoms with Crippen molar-refractivity contribution in [1.29, 1.82) is 0 Å². The van der Waals surface area contributed by atoms with Crippen molar-refractivity contribution < 1.29 is 0 Å². The first-order valence-corrected chi connectivity index (χ1v) is 11.6. The van der Waals surface area contributed by atoms with Gasteiger partial charge in [-0.2, -0.15) is 0 Å². The van der Waals surface area contributed by atoms with Gasteiger partial charge < -0.3 is 0 Å². The van der Waals surface area contributed by atoms with Crippen LogP contribution in [0.2, 0.25) is 0 Å². The highest BCUT2D eigenvalue weighted by atomic mass is 15.2. The zero-order chi connectivity index (χ0) is 22.2. The standard InChI is InChI=1S/C31H19N3/c1-2-10-20(11-3-1)33-27-18-9-19-32-30(27)34-26-17-8-16-24-22-13-5-4-12-21(22)23-14-6-7-15-25(23)29(28(24)26)31(33)34/h1-19H. The second-order valence-corrected chi connectivity index (χ2v) is 8.84. The number of hydrogen-bond acceptors (Lipinski definition) is 1. The SMILES string of the molecule is c1ccc(-n2c3cccnc3n3c4cccc5c4c(c23)-c2ccccc2-c2ccccc2-5)cc1. The fourth-order valence-electron chi connectivity index (χ4n) is 5.81. The lowest BCUT2D eigenvalue weighted by Gasteiger charge is -2.11. The first-order valence-electron chi connectivity index (χ1n) is 11.6. The summed E-state index contributed by atoms with van der Waals surface area (Å²) < 4.78 is 4.72. The van der Waals surface area contributed by atoms with E-state index in [4.69, 9.17) is 4.98 Å². The summed E-state index contributed by atoms with van der Waals surface area (Å²) in [5.74, 6) is 0. The first kappa shape index (κ1) is 17.9. The van der Waals surface area contributed by atoms with Crippen LogP contribution in [0.15, 0.2) is 115 Å². The maximum Gasteiger partial charge on any atom is 0.163 e. The molecule has 0 saturated carbocycles. The van der Waals surface area contributed by atoms with Crippen LogP contribution in [0, 0.1) is 0 Å². The summed E-state index contributed by atoms with van der Waals surface area (Å²) in [7, 11) is 0. The lowest BCUT2D eigenvalue weighted by molar-refractivity contribution is 1.15. The Balaban J connectivity index is 1.71. The Morgan fingerprint density at radius 1 is 0.500 bits per heavy atom. The van der Waals surface area contributed by atoms with Gasteiger partial charge in [-0.1, -0.05) is 78.9 Å². The van der Waals surface area contributed by atoms with E-state index in [-0.39, 0.29) is 0 Å². The summed E-state index contributed by atoms with van der Waals surface area (Å²) in [4.78, 5) is 4.87. The van der Waals surface area contributed by atoms with Crippen molar-refractivity contribution in [2.75, 3.05) is 0 Å². The zero-order valence-corrected chi connectivity index (χ0v) is 18.3. The third-order valence-electron chi connectivity index (χ3n) is 7.12. The molecule has 158 valence electrons. The molecule has 3 aromatic heterocycles. The highest BCUT2D eigenvalue weighted by Crippen LogP contribution is 2.51. The number of imidazole rings is 1. The molecular weight excluding hydrogens is 414 g/mol. The number of nitrogens with zero attached hydrogens (tertiary/aromatic N) is 3. The molecule has 0 amide bonds. The molecule has 0 N–H and O–H groups in total. The first-order chi connectivity index (χ1) is 16.9. The number of aromatic nitrogens is 3. The van der Waals surface area contributed by atoms with E-state index in [1.807, 2.05) is 12.3 Å². The number of pyridine rings is 1. The minimum atomic E-state index is 0.973. The van der Waals surface area contributed by atoms with Crippen LogP contribution in [-0.2, 0) is 0 Å². The summed E-state index contributed by atoms with van der Waals surface area (Å²) >= 11 is 0. The summed E-state index contributed by atoms with van der Waals surface area (Å²) in [6.07, 6.45) is 1.89. The lowest BCUT2D eigenvalue weighted by atomic mass is 9.94. The molecule has 1 aliphatic carbocycles. The van der Waals surface area contributed by atoms with Crippen LogP contribution in [0.3, 0.4) is 0 Å². The fourth-order valence-corrected chi connectivity index (χ4v) is 5.81. The number of rotatable bonds is 1. The van der Waals surface area contributed by atoms with Gasteiger partial charge >= 0.3 is 0 Å². The normalized spacial score (nSPS) is 12.1. The summed E-state index contributed by atoms with van der Waals surface area (Å²) in [6, 6.07) is 39.1. The van der Waals surface area contributed by atoms with Crippen molar-refractivity contribution in [3.05, 3.63) is 115 Å². The molecule has 0 saturated heterocycles.